The van der Waals surface area contributed by atoms with Crippen LogP contribution in [0.2, 0.25) is 0 Å². The molecule has 0 atom stereocenters. The molecule has 1 saturated heterocycles. The number of nitriles is 1. The molecule has 1 fully saturated rings. The van der Waals surface area contributed by atoms with E-state index in [4.69, 9.17) is 9.47 Å². The fourth-order valence-electron chi connectivity index (χ4n) is 3.78. The number of aromatic amines is 1. The van der Waals surface area contributed by atoms with Crippen LogP contribution in [-0.2, 0) is 16.8 Å². The van der Waals surface area contributed by atoms with Gasteiger partial charge >= 0.3 is 0 Å². The maximum absolute atomic E-state index is 9.47. The van der Waals surface area contributed by atoms with Gasteiger partial charge in [-0.05, 0) is 30.9 Å². The first-order chi connectivity index (χ1) is 11.8. The Kier molecular flexibility index (Phi) is 3.62. The number of hydrogen-bond acceptors (Lipinski definition) is 6. The fraction of sp³-hybridized carbons (Fsp3) is 0.471. The zero-order chi connectivity index (χ0) is 16.6. The van der Waals surface area contributed by atoms with Gasteiger partial charge in [0.25, 0.3) is 0 Å². The van der Waals surface area contributed by atoms with E-state index in [9.17, 15) is 5.26 Å². The number of piperidine rings is 1. The molecule has 2 aliphatic heterocycles. The molecule has 1 N–H and O–H groups in total. The van der Waals surface area contributed by atoms with E-state index in [0.717, 1.165) is 50.3 Å². The lowest BCUT2D eigenvalue weighted by molar-refractivity contribution is -0.0795. The number of ether oxygens (including phenoxy) is 2. The molecule has 0 radical (unpaired) electrons. The van der Waals surface area contributed by atoms with Crippen LogP contribution in [0.25, 0.3) is 0 Å². The standard InChI is InChI=1S/C17H19N5O2/c1-23-16-13(10-18)14(2-6-19-16)22-7-4-17(5-8-22)15-12(3-9-24-17)11-20-21-15/h2,6,11H,3-5,7-9H2,1H3,(H,20,21). The van der Waals surface area contributed by atoms with Crippen molar-refractivity contribution in [3.8, 4) is 11.9 Å². The minimum Gasteiger partial charge on any atom is -0.480 e. The second-order valence-electron chi connectivity index (χ2n) is 6.18. The van der Waals surface area contributed by atoms with Gasteiger partial charge in [-0.1, -0.05) is 0 Å². The van der Waals surface area contributed by atoms with E-state index in [1.165, 1.54) is 12.7 Å². The van der Waals surface area contributed by atoms with Crippen LogP contribution >= 0.6 is 0 Å². The van der Waals surface area contributed by atoms with Crippen molar-refractivity contribution in [2.45, 2.75) is 24.9 Å². The number of methoxy groups -OCH3 is 1. The van der Waals surface area contributed by atoms with Crippen LogP contribution < -0.4 is 9.64 Å². The summed E-state index contributed by atoms with van der Waals surface area (Å²) in [6, 6.07) is 4.10. The second-order valence-corrected chi connectivity index (χ2v) is 6.18. The maximum Gasteiger partial charge on any atom is 0.233 e. The summed E-state index contributed by atoms with van der Waals surface area (Å²) in [6.45, 7) is 2.35. The third-order valence-corrected chi connectivity index (χ3v) is 5.03. The van der Waals surface area contributed by atoms with Crippen molar-refractivity contribution in [2.75, 3.05) is 31.7 Å². The molecule has 7 heteroatoms. The minimum absolute atomic E-state index is 0.273. The largest absolute Gasteiger partial charge is 0.480 e. The Morgan fingerprint density at radius 3 is 3.00 bits per heavy atom. The van der Waals surface area contributed by atoms with Crippen LogP contribution in [0.5, 0.6) is 5.88 Å². The predicted octanol–water partition coefficient (Wildman–Crippen LogP) is 1.75. The normalized spacial score (nSPS) is 18.9. The van der Waals surface area contributed by atoms with Crippen LogP contribution in [0.15, 0.2) is 18.5 Å². The Morgan fingerprint density at radius 2 is 2.25 bits per heavy atom. The molecule has 0 aliphatic carbocycles. The van der Waals surface area contributed by atoms with Gasteiger partial charge in [0.05, 0.1) is 31.3 Å². The van der Waals surface area contributed by atoms with Crippen LogP contribution in [0.1, 0.15) is 29.7 Å². The second kappa shape index (κ2) is 5.80. The van der Waals surface area contributed by atoms with E-state index in [0.29, 0.717) is 11.4 Å². The molecule has 0 bridgehead atoms. The van der Waals surface area contributed by atoms with E-state index in [2.05, 4.69) is 26.2 Å². The Labute approximate surface area is 140 Å². The van der Waals surface area contributed by atoms with Gasteiger partial charge in [-0.3, -0.25) is 5.10 Å². The lowest BCUT2D eigenvalue weighted by Crippen LogP contribution is -2.47. The van der Waals surface area contributed by atoms with Crippen molar-refractivity contribution in [3.05, 3.63) is 35.3 Å². The van der Waals surface area contributed by atoms with Crippen molar-refractivity contribution in [3.63, 3.8) is 0 Å². The lowest BCUT2D eigenvalue weighted by atomic mass is 9.83. The van der Waals surface area contributed by atoms with Crippen molar-refractivity contribution in [1.82, 2.24) is 15.2 Å². The minimum atomic E-state index is -0.273. The summed E-state index contributed by atoms with van der Waals surface area (Å²) in [5, 5.41) is 16.8. The predicted molar refractivity (Wildman–Crippen MR) is 86.9 cm³/mol. The zero-order valence-corrected chi connectivity index (χ0v) is 13.6. The van der Waals surface area contributed by atoms with Gasteiger partial charge in [0, 0.05) is 19.3 Å². The summed E-state index contributed by atoms with van der Waals surface area (Å²) < 4.78 is 11.4. The number of rotatable bonds is 2. The summed E-state index contributed by atoms with van der Waals surface area (Å²) >= 11 is 0. The molecule has 0 saturated carbocycles. The van der Waals surface area contributed by atoms with Gasteiger partial charge in [0.2, 0.25) is 5.88 Å². The number of H-pyrrole nitrogens is 1. The monoisotopic (exact) mass is 325 g/mol. The summed E-state index contributed by atoms with van der Waals surface area (Å²) in [4.78, 5) is 6.33. The van der Waals surface area contributed by atoms with Crippen molar-refractivity contribution in [1.29, 1.82) is 5.26 Å². The van der Waals surface area contributed by atoms with Crippen LogP contribution in [-0.4, -0.2) is 42.0 Å². The quantitative estimate of drug-likeness (QED) is 0.905. The molecular weight excluding hydrogens is 306 g/mol. The van der Waals surface area contributed by atoms with E-state index in [1.54, 1.807) is 6.20 Å². The van der Waals surface area contributed by atoms with Gasteiger partial charge in [0.15, 0.2) is 0 Å². The fourth-order valence-corrected chi connectivity index (χ4v) is 3.78. The number of nitrogens with zero attached hydrogens (tertiary/aromatic N) is 4. The first kappa shape index (κ1) is 15.0. The summed E-state index contributed by atoms with van der Waals surface area (Å²) in [7, 11) is 1.54. The van der Waals surface area contributed by atoms with Crippen LogP contribution in [0.3, 0.4) is 0 Å². The highest BCUT2D eigenvalue weighted by atomic mass is 16.5. The van der Waals surface area contributed by atoms with E-state index in [1.807, 2.05) is 12.3 Å². The molecule has 124 valence electrons. The smallest absolute Gasteiger partial charge is 0.233 e. The number of pyridine rings is 1. The molecule has 2 aromatic heterocycles. The highest BCUT2D eigenvalue weighted by molar-refractivity contribution is 5.63. The molecule has 0 unspecified atom stereocenters. The highest BCUT2D eigenvalue weighted by Crippen LogP contribution is 2.41. The van der Waals surface area contributed by atoms with Gasteiger partial charge in [-0.2, -0.15) is 10.4 Å². The molecule has 4 heterocycles. The van der Waals surface area contributed by atoms with E-state index < -0.39 is 0 Å². The summed E-state index contributed by atoms with van der Waals surface area (Å²) in [5.74, 6) is 0.375. The Morgan fingerprint density at radius 1 is 1.42 bits per heavy atom. The molecule has 4 rings (SSSR count). The van der Waals surface area contributed by atoms with Gasteiger partial charge in [-0.25, -0.2) is 4.98 Å². The zero-order valence-electron chi connectivity index (χ0n) is 13.6. The summed E-state index contributed by atoms with van der Waals surface area (Å²) in [6.07, 6.45) is 6.23. The number of aromatic nitrogens is 3. The molecule has 2 aromatic rings. The van der Waals surface area contributed by atoms with Crippen LogP contribution in [0.4, 0.5) is 5.69 Å². The third-order valence-electron chi connectivity index (χ3n) is 5.03. The molecule has 24 heavy (non-hydrogen) atoms. The number of nitrogens with one attached hydrogen (secondary N) is 1. The average Bonchev–Trinajstić information content (AvgIpc) is 3.12. The van der Waals surface area contributed by atoms with Gasteiger partial charge in [0.1, 0.15) is 17.2 Å². The van der Waals surface area contributed by atoms with E-state index in [-0.39, 0.29) is 5.60 Å². The Bertz CT molecular complexity index is 787. The number of anilines is 1. The molecule has 2 aliphatic rings. The van der Waals surface area contributed by atoms with Crippen molar-refractivity contribution >= 4 is 5.69 Å². The molecular formula is C17H19N5O2. The molecule has 0 amide bonds. The van der Waals surface area contributed by atoms with Crippen LogP contribution in [0, 0.1) is 11.3 Å². The summed E-state index contributed by atoms with van der Waals surface area (Å²) in [5.41, 5.74) is 3.48. The molecule has 0 aromatic carbocycles. The van der Waals surface area contributed by atoms with Crippen molar-refractivity contribution < 1.29 is 9.47 Å². The number of fused-ring (bicyclic) bond motifs is 2. The lowest BCUT2D eigenvalue weighted by Gasteiger charge is -2.44. The first-order valence-corrected chi connectivity index (χ1v) is 8.12. The van der Waals surface area contributed by atoms with Gasteiger partial charge < -0.3 is 14.4 Å². The topological polar surface area (TPSA) is 87.1 Å². The maximum atomic E-state index is 9.47. The van der Waals surface area contributed by atoms with Crippen molar-refractivity contribution in [2.24, 2.45) is 0 Å². The average molecular weight is 325 g/mol. The van der Waals surface area contributed by atoms with E-state index >= 15 is 0 Å². The Balaban J connectivity index is 1.60. The van der Waals surface area contributed by atoms with Gasteiger partial charge in [-0.15, -0.1) is 0 Å². The molecule has 1 spiro atoms. The Hall–Kier alpha value is -2.59. The third kappa shape index (κ3) is 2.22. The molecule has 7 nitrogen and oxygen atoms in total. The first-order valence-electron chi connectivity index (χ1n) is 8.12. The SMILES string of the molecule is COc1nccc(N2CCC3(CC2)OCCc2cn[nH]c23)c1C#N. The highest BCUT2D eigenvalue weighted by Gasteiger charge is 2.42. The number of hydrogen-bond donors (Lipinski definition) is 1.